The molecule has 1 aromatic carbocycles. The molecule has 0 aliphatic carbocycles. The number of hydrogen-bond acceptors (Lipinski definition) is 3. The molecular weight excluding hydrogens is 308 g/mol. The number of carbonyl (C=O) groups is 3. The van der Waals surface area contributed by atoms with Gasteiger partial charge in [-0.15, -0.1) is 0 Å². The minimum absolute atomic E-state index is 0.0214. The first-order valence-corrected chi connectivity index (χ1v) is 7.19. The van der Waals surface area contributed by atoms with Crippen LogP contribution in [0.2, 0.25) is 5.02 Å². The average molecular weight is 327 g/mol. The number of benzene rings is 1. The molecule has 6 nitrogen and oxygen atoms in total. The predicted octanol–water partition coefficient (Wildman–Crippen LogP) is 1.74. The number of carboxylic acid groups (broad SMARTS) is 1. The van der Waals surface area contributed by atoms with Crippen molar-refractivity contribution in [2.75, 3.05) is 6.54 Å². The number of rotatable bonds is 7. The number of halogens is 1. The maximum absolute atomic E-state index is 11.9. The molecule has 0 aromatic heterocycles. The van der Waals surface area contributed by atoms with Crippen LogP contribution in [0, 0.1) is 5.92 Å². The molecule has 7 heteroatoms. The molecule has 0 bridgehead atoms. The Morgan fingerprint density at radius 2 is 1.82 bits per heavy atom. The average Bonchev–Trinajstić information content (AvgIpc) is 2.44. The van der Waals surface area contributed by atoms with E-state index in [9.17, 15) is 14.4 Å². The van der Waals surface area contributed by atoms with Crippen LogP contribution >= 0.6 is 11.6 Å². The van der Waals surface area contributed by atoms with Gasteiger partial charge in [-0.3, -0.25) is 14.4 Å². The first-order valence-electron chi connectivity index (χ1n) is 6.81. The molecule has 120 valence electrons. The largest absolute Gasteiger partial charge is 0.481 e. The van der Waals surface area contributed by atoms with Crippen molar-refractivity contribution >= 4 is 29.4 Å². The van der Waals surface area contributed by atoms with E-state index in [1.807, 2.05) is 0 Å². The van der Waals surface area contributed by atoms with Crippen molar-refractivity contribution in [3.05, 3.63) is 34.9 Å². The monoisotopic (exact) mass is 326 g/mol. The van der Waals surface area contributed by atoms with Crippen molar-refractivity contribution in [1.29, 1.82) is 0 Å². The Labute approximate surface area is 133 Å². The molecule has 2 amide bonds. The molecule has 22 heavy (non-hydrogen) atoms. The smallest absolute Gasteiger partial charge is 0.308 e. The highest BCUT2D eigenvalue weighted by Crippen LogP contribution is 2.19. The van der Waals surface area contributed by atoms with Gasteiger partial charge >= 0.3 is 5.97 Å². The van der Waals surface area contributed by atoms with Crippen molar-refractivity contribution in [3.63, 3.8) is 0 Å². The lowest BCUT2D eigenvalue weighted by Gasteiger charge is -2.18. The molecule has 0 radical (unpaired) electrons. The molecule has 0 fully saturated rings. The van der Waals surface area contributed by atoms with Crippen LogP contribution in [0.3, 0.4) is 0 Å². The molecule has 0 aliphatic rings. The van der Waals surface area contributed by atoms with Gasteiger partial charge < -0.3 is 15.7 Å². The predicted molar refractivity (Wildman–Crippen MR) is 82.4 cm³/mol. The Hall–Kier alpha value is -2.08. The number of aliphatic carboxylic acids is 1. The molecule has 0 spiro atoms. The lowest BCUT2D eigenvalue weighted by Crippen LogP contribution is -2.35. The molecule has 3 N–H and O–H groups in total. The molecule has 0 aliphatic heterocycles. The van der Waals surface area contributed by atoms with Crippen molar-refractivity contribution in [3.8, 4) is 0 Å². The quantitative estimate of drug-likeness (QED) is 0.711. The van der Waals surface area contributed by atoms with Gasteiger partial charge in [0.05, 0.1) is 18.4 Å². The summed E-state index contributed by atoms with van der Waals surface area (Å²) in [6, 6.07) is 6.33. The maximum Gasteiger partial charge on any atom is 0.308 e. The van der Waals surface area contributed by atoms with Gasteiger partial charge in [-0.25, -0.2) is 0 Å². The summed E-state index contributed by atoms with van der Waals surface area (Å²) in [4.78, 5) is 33.9. The fraction of sp³-hybridized carbons (Fsp3) is 0.400. The minimum atomic E-state index is -0.976. The Bertz CT molecular complexity index is 545. The number of hydrogen-bond donors (Lipinski definition) is 3. The highest BCUT2D eigenvalue weighted by atomic mass is 35.5. The van der Waals surface area contributed by atoms with Gasteiger partial charge in [0.15, 0.2) is 0 Å². The third-order valence-corrected chi connectivity index (χ3v) is 3.32. The lowest BCUT2D eigenvalue weighted by atomic mass is 10.0. The van der Waals surface area contributed by atoms with E-state index < -0.39 is 17.9 Å². The fourth-order valence-electron chi connectivity index (χ4n) is 1.80. The molecule has 0 saturated carbocycles. The summed E-state index contributed by atoms with van der Waals surface area (Å²) in [6.45, 7) is 2.92. The summed E-state index contributed by atoms with van der Waals surface area (Å²) in [5, 5.41) is 14.6. The SMILES string of the molecule is CC(=O)NC(CC(=O)NCC(C)C(=O)O)c1ccc(Cl)cc1. The van der Waals surface area contributed by atoms with E-state index >= 15 is 0 Å². The zero-order valence-corrected chi connectivity index (χ0v) is 13.2. The zero-order valence-electron chi connectivity index (χ0n) is 12.4. The lowest BCUT2D eigenvalue weighted by molar-refractivity contribution is -0.141. The Kier molecular flexibility index (Phi) is 6.85. The molecule has 0 saturated heterocycles. The second-order valence-corrected chi connectivity index (χ2v) is 5.49. The summed E-state index contributed by atoms with van der Waals surface area (Å²) in [7, 11) is 0. The van der Waals surface area contributed by atoms with E-state index in [4.69, 9.17) is 16.7 Å². The van der Waals surface area contributed by atoms with Crippen LogP contribution in [-0.4, -0.2) is 29.4 Å². The van der Waals surface area contributed by atoms with Crippen LogP contribution in [0.1, 0.15) is 31.9 Å². The highest BCUT2D eigenvalue weighted by molar-refractivity contribution is 6.30. The summed E-state index contributed by atoms with van der Waals surface area (Å²) >= 11 is 5.82. The Morgan fingerprint density at radius 3 is 2.32 bits per heavy atom. The van der Waals surface area contributed by atoms with Gasteiger partial charge in [0.2, 0.25) is 11.8 Å². The number of carbonyl (C=O) groups excluding carboxylic acids is 2. The summed E-state index contributed by atoms with van der Waals surface area (Å²) in [5.74, 6) is -2.23. The first-order chi connectivity index (χ1) is 10.3. The number of carboxylic acids is 1. The standard InChI is InChI=1S/C15H19ClN2O4/c1-9(15(21)22)8-17-14(20)7-13(18-10(2)19)11-3-5-12(16)6-4-11/h3-6,9,13H,7-8H2,1-2H3,(H,17,20)(H,18,19)(H,21,22). The van der Waals surface area contributed by atoms with Gasteiger partial charge in [0.1, 0.15) is 0 Å². The van der Waals surface area contributed by atoms with Crippen LogP contribution in [0.5, 0.6) is 0 Å². The van der Waals surface area contributed by atoms with Crippen LogP contribution in [0.15, 0.2) is 24.3 Å². The Balaban J connectivity index is 2.68. The van der Waals surface area contributed by atoms with Crippen molar-refractivity contribution in [1.82, 2.24) is 10.6 Å². The van der Waals surface area contributed by atoms with Crippen LogP contribution in [-0.2, 0) is 14.4 Å². The van der Waals surface area contributed by atoms with E-state index in [1.165, 1.54) is 13.8 Å². The third-order valence-electron chi connectivity index (χ3n) is 3.07. The zero-order chi connectivity index (χ0) is 16.7. The fourth-order valence-corrected chi connectivity index (χ4v) is 1.93. The van der Waals surface area contributed by atoms with E-state index in [0.29, 0.717) is 5.02 Å². The normalized spacial score (nSPS) is 13.0. The molecule has 1 rings (SSSR count). The van der Waals surface area contributed by atoms with Crippen molar-refractivity contribution in [2.45, 2.75) is 26.3 Å². The van der Waals surface area contributed by atoms with Crippen LogP contribution in [0.4, 0.5) is 0 Å². The molecule has 2 unspecified atom stereocenters. The summed E-state index contributed by atoms with van der Waals surface area (Å²) in [6.07, 6.45) is 0.0214. The van der Waals surface area contributed by atoms with Gasteiger partial charge in [0, 0.05) is 18.5 Å². The summed E-state index contributed by atoms with van der Waals surface area (Å²) in [5.41, 5.74) is 0.751. The highest BCUT2D eigenvalue weighted by Gasteiger charge is 2.18. The van der Waals surface area contributed by atoms with Crippen LogP contribution in [0.25, 0.3) is 0 Å². The van der Waals surface area contributed by atoms with E-state index in [0.717, 1.165) is 5.56 Å². The second kappa shape index (κ2) is 8.38. The Morgan fingerprint density at radius 1 is 1.23 bits per heavy atom. The molecule has 2 atom stereocenters. The van der Waals surface area contributed by atoms with E-state index in [-0.39, 0.29) is 24.8 Å². The van der Waals surface area contributed by atoms with Crippen molar-refractivity contribution in [2.24, 2.45) is 5.92 Å². The minimum Gasteiger partial charge on any atom is -0.481 e. The van der Waals surface area contributed by atoms with Gasteiger partial charge in [-0.1, -0.05) is 30.7 Å². The summed E-state index contributed by atoms with van der Waals surface area (Å²) < 4.78 is 0. The van der Waals surface area contributed by atoms with E-state index in [1.54, 1.807) is 24.3 Å². The van der Waals surface area contributed by atoms with Gasteiger partial charge in [-0.2, -0.15) is 0 Å². The van der Waals surface area contributed by atoms with Crippen LogP contribution < -0.4 is 10.6 Å². The first kappa shape index (κ1) is 18.0. The third kappa shape index (κ3) is 6.13. The number of amides is 2. The molecular formula is C15H19ClN2O4. The topological polar surface area (TPSA) is 95.5 Å². The van der Waals surface area contributed by atoms with E-state index in [2.05, 4.69) is 10.6 Å². The molecule has 1 aromatic rings. The maximum atomic E-state index is 11.9. The second-order valence-electron chi connectivity index (χ2n) is 5.05. The molecule has 0 heterocycles. The number of nitrogens with one attached hydrogen (secondary N) is 2. The van der Waals surface area contributed by atoms with Crippen molar-refractivity contribution < 1.29 is 19.5 Å². The van der Waals surface area contributed by atoms with Gasteiger partial charge in [-0.05, 0) is 17.7 Å². The van der Waals surface area contributed by atoms with Gasteiger partial charge in [0.25, 0.3) is 0 Å².